The van der Waals surface area contributed by atoms with E-state index in [0.29, 0.717) is 6.42 Å². The van der Waals surface area contributed by atoms with Crippen LogP contribution < -0.4 is 5.32 Å². The molecule has 1 saturated heterocycles. The minimum atomic E-state index is -3.06. The summed E-state index contributed by atoms with van der Waals surface area (Å²) in [4.78, 5) is 24.6. The number of carbonyl (C=O) groups is 2. The van der Waals surface area contributed by atoms with Crippen molar-refractivity contribution in [3.05, 3.63) is 41.8 Å². The monoisotopic (exact) mass is 369 g/mol. The number of hydrogen-bond acceptors (Lipinski definition) is 6. The van der Waals surface area contributed by atoms with Gasteiger partial charge in [0.15, 0.2) is 15.9 Å². The molecule has 0 aliphatic carbocycles. The zero-order valence-corrected chi connectivity index (χ0v) is 14.8. The molecule has 24 heavy (non-hydrogen) atoms. The molecule has 8 heteroatoms. The van der Waals surface area contributed by atoms with Crippen LogP contribution in [0, 0.1) is 0 Å². The van der Waals surface area contributed by atoms with E-state index in [1.807, 2.05) is 30.3 Å². The molecule has 0 spiro atoms. The van der Waals surface area contributed by atoms with E-state index in [0.717, 1.165) is 4.90 Å². The van der Waals surface area contributed by atoms with Crippen LogP contribution in [0.5, 0.6) is 0 Å². The van der Waals surface area contributed by atoms with E-state index >= 15 is 0 Å². The van der Waals surface area contributed by atoms with Crippen molar-refractivity contribution in [2.75, 3.05) is 11.5 Å². The van der Waals surface area contributed by atoms with Gasteiger partial charge in [0.25, 0.3) is 5.91 Å². The highest BCUT2D eigenvalue weighted by atomic mass is 32.2. The van der Waals surface area contributed by atoms with Crippen LogP contribution in [0.3, 0.4) is 0 Å². The van der Waals surface area contributed by atoms with E-state index in [4.69, 9.17) is 4.74 Å². The molecule has 1 aliphatic rings. The summed E-state index contributed by atoms with van der Waals surface area (Å²) in [5.74, 6) is -1.10. The van der Waals surface area contributed by atoms with Crippen molar-refractivity contribution < 1.29 is 22.7 Å². The molecule has 1 aromatic rings. The maximum absolute atomic E-state index is 11.9. The third kappa shape index (κ3) is 6.01. The molecule has 0 bridgehead atoms. The van der Waals surface area contributed by atoms with Crippen LogP contribution in [0.1, 0.15) is 13.3 Å². The zero-order valence-electron chi connectivity index (χ0n) is 13.2. The van der Waals surface area contributed by atoms with E-state index in [1.54, 1.807) is 5.41 Å². The highest BCUT2D eigenvalue weighted by molar-refractivity contribution is 8.02. The second kappa shape index (κ2) is 8.34. The Morgan fingerprint density at radius 3 is 2.67 bits per heavy atom. The first-order valence-corrected chi connectivity index (χ1v) is 10.2. The van der Waals surface area contributed by atoms with Crippen molar-refractivity contribution in [2.24, 2.45) is 0 Å². The van der Waals surface area contributed by atoms with Gasteiger partial charge < -0.3 is 10.1 Å². The Labute approximate surface area is 145 Å². The first-order chi connectivity index (χ1) is 11.4. The molecule has 1 N–H and O–H groups in total. The predicted molar refractivity (Wildman–Crippen MR) is 92.2 cm³/mol. The van der Waals surface area contributed by atoms with E-state index in [9.17, 15) is 18.0 Å². The average molecular weight is 369 g/mol. The van der Waals surface area contributed by atoms with Gasteiger partial charge in [-0.1, -0.05) is 30.0 Å². The van der Waals surface area contributed by atoms with Crippen LogP contribution in [-0.2, 0) is 24.2 Å². The summed E-state index contributed by atoms with van der Waals surface area (Å²) in [6.45, 7) is 1.45. The molecule has 0 radical (unpaired) electrons. The van der Waals surface area contributed by atoms with Crippen LogP contribution in [0.2, 0.25) is 0 Å². The fourth-order valence-electron chi connectivity index (χ4n) is 2.16. The number of carbonyl (C=O) groups excluding carboxylic acids is 2. The third-order valence-electron chi connectivity index (χ3n) is 3.39. The molecule has 1 heterocycles. The molecule has 1 amide bonds. The van der Waals surface area contributed by atoms with Crippen molar-refractivity contribution in [1.29, 1.82) is 0 Å². The molecule has 0 unspecified atom stereocenters. The van der Waals surface area contributed by atoms with Crippen LogP contribution in [0.4, 0.5) is 0 Å². The van der Waals surface area contributed by atoms with Gasteiger partial charge in [0.2, 0.25) is 0 Å². The van der Waals surface area contributed by atoms with E-state index < -0.39 is 33.9 Å². The van der Waals surface area contributed by atoms with Gasteiger partial charge in [-0.3, -0.25) is 4.79 Å². The number of benzene rings is 1. The summed E-state index contributed by atoms with van der Waals surface area (Å²) in [5.41, 5.74) is 0. The Bertz CT molecular complexity index is 715. The molecular formula is C16H19NO5S2. The average Bonchev–Trinajstić information content (AvgIpc) is 2.87. The lowest BCUT2D eigenvalue weighted by molar-refractivity contribution is -0.150. The van der Waals surface area contributed by atoms with Gasteiger partial charge in [-0.25, -0.2) is 13.2 Å². The van der Waals surface area contributed by atoms with Crippen molar-refractivity contribution in [3.8, 4) is 0 Å². The van der Waals surface area contributed by atoms with Gasteiger partial charge in [0.05, 0.1) is 11.5 Å². The van der Waals surface area contributed by atoms with Crippen LogP contribution in [-0.4, -0.2) is 43.9 Å². The quantitative estimate of drug-likeness (QED) is 0.465. The van der Waals surface area contributed by atoms with Crippen LogP contribution in [0.15, 0.2) is 46.7 Å². The van der Waals surface area contributed by atoms with Gasteiger partial charge >= 0.3 is 5.97 Å². The number of sulfone groups is 1. The summed E-state index contributed by atoms with van der Waals surface area (Å²) < 4.78 is 27.7. The van der Waals surface area contributed by atoms with E-state index in [-0.39, 0.29) is 11.5 Å². The standard InChI is InChI=1S/C16H19NO5S2/c1-12(16(19)17-13-8-10-24(20,21)11-13)22-15(18)7-9-23-14-5-3-2-4-6-14/h2-7,9,12-13H,8,10-11H2,1H3,(H,17,19)/b9-7+/t12-,13+/m0/s1. The Morgan fingerprint density at radius 1 is 1.33 bits per heavy atom. The lowest BCUT2D eigenvalue weighted by atomic mass is 10.2. The van der Waals surface area contributed by atoms with Crippen molar-refractivity contribution >= 4 is 33.5 Å². The molecule has 0 saturated carbocycles. The zero-order chi connectivity index (χ0) is 17.6. The molecule has 1 aromatic carbocycles. The maximum Gasteiger partial charge on any atom is 0.332 e. The maximum atomic E-state index is 11.9. The molecule has 1 fully saturated rings. The molecule has 130 valence electrons. The summed E-state index contributed by atoms with van der Waals surface area (Å²) >= 11 is 1.36. The van der Waals surface area contributed by atoms with Crippen LogP contribution in [0.25, 0.3) is 0 Å². The minimum absolute atomic E-state index is 0.0625. The Morgan fingerprint density at radius 2 is 2.04 bits per heavy atom. The third-order valence-corrected chi connectivity index (χ3v) is 5.98. The van der Waals surface area contributed by atoms with E-state index in [2.05, 4.69) is 5.32 Å². The van der Waals surface area contributed by atoms with Crippen molar-refractivity contribution in [1.82, 2.24) is 5.32 Å². The number of esters is 1. The number of amides is 1. The molecule has 6 nitrogen and oxygen atoms in total. The van der Waals surface area contributed by atoms with Crippen molar-refractivity contribution in [2.45, 2.75) is 30.4 Å². The summed E-state index contributed by atoms with van der Waals surface area (Å²) in [5, 5.41) is 4.19. The number of ether oxygens (including phenoxy) is 1. The van der Waals surface area contributed by atoms with Crippen LogP contribution >= 0.6 is 11.8 Å². The smallest absolute Gasteiger partial charge is 0.332 e. The molecule has 1 aliphatic heterocycles. The first kappa shape index (κ1) is 18.5. The fraction of sp³-hybridized carbons (Fsp3) is 0.375. The topological polar surface area (TPSA) is 89.5 Å². The van der Waals surface area contributed by atoms with Gasteiger partial charge in [-0.15, -0.1) is 0 Å². The largest absolute Gasteiger partial charge is 0.449 e. The highest BCUT2D eigenvalue weighted by Gasteiger charge is 2.30. The lowest BCUT2D eigenvalue weighted by Crippen LogP contribution is -2.42. The predicted octanol–water partition coefficient (Wildman–Crippen LogP) is 1.53. The van der Waals surface area contributed by atoms with Gasteiger partial charge in [-0.2, -0.15) is 0 Å². The van der Waals surface area contributed by atoms with Gasteiger partial charge in [-0.05, 0) is 30.9 Å². The lowest BCUT2D eigenvalue weighted by Gasteiger charge is -2.15. The molecule has 2 rings (SSSR count). The highest BCUT2D eigenvalue weighted by Crippen LogP contribution is 2.18. The van der Waals surface area contributed by atoms with Gasteiger partial charge in [0.1, 0.15) is 0 Å². The van der Waals surface area contributed by atoms with E-state index in [1.165, 1.54) is 24.8 Å². The Balaban J connectivity index is 1.75. The molecular weight excluding hydrogens is 350 g/mol. The Kier molecular flexibility index (Phi) is 6.44. The Hall–Kier alpha value is -1.80. The van der Waals surface area contributed by atoms with Crippen molar-refractivity contribution in [3.63, 3.8) is 0 Å². The summed E-state index contributed by atoms with van der Waals surface area (Å²) in [6, 6.07) is 9.09. The number of rotatable bonds is 6. The normalized spacial score (nSPS) is 20.6. The minimum Gasteiger partial charge on any atom is -0.449 e. The molecule has 2 atom stereocenters. The summed E-state index contributed by atoms with van der Waals surface area (Å²) in [6.07, 6.45) is 0.663. The molecule has 0 aromatic heterocycles. The fourth-order valence-corrected chi connectivity index (χ4v) is 4.49. The summed E-state index contributed by atoms with van der Waals surface area (Å²) in [7, 11) is -3.06. The second-order valence-electron chi connectivity index (χ2n) is 5.42. The SMILES string of the molecule is C[C@H](OC(=O)/C=C/Sc1ccccc1)C(=O)N[C@@H]1CCS(=O)(=O)C1. The number of nitrogens with one attached hydrogen (secondary N) is 1. The van der Waals surface area contributed by atoms with Gasteiger partial charge in [0, 0.05) is 17.0 Å². The number of thioether (sulfide) groups is 1. The second-order valence-corrected chi connectivity index (χ2v) is 8.63. The first-order valence-electron chi connectivity index (χ1n) is 7.45. The number of hydrogen-bond donors (Lipinski definition) is 1.